The zero-order chi connectivity index (χ0) is 18.1. The largest absolute Gasteiger partial charge is 0.350 e. The standard InChI is InChI=1S/C18H24N2O4S/c1-18(8-10-25(23,24)13-18)19-17(22)15-11-16(21)20(12-15)9-7-14-5-3-2-4-6-14/h2-6,15H,7-13H2,1H3,(H,19,22). The van der Waals surface area contributed by atoms with Gasteiger partial charge < -0.3 is 10.2 Å². The fraction of sp³-hybridized carbons (Fsp3) is 0.556. The van der Waals surface area contributed by atoms with E-state index in [0.29, 0.717) is 19.5 Å². The van der Waals surface area contributed by atoms with E-state index in [4.69, 9.17) is 0 Å². The van der Waals surface area contributed by atoms with Gasteiger partial charge in [0.25, 0.3) is 0 Å². The molecule has 0 aromatic heterocycles. The molecule has 1 N–H and O–H groups in total. The lowest BCUT2D eigenvalue weighted by Crippen LogP contribution is -2.49. The monoisotopic (exact) mass is 364 g/mol. The van der Waals surface area contributed by atoms with Gasteiger partial charge in [0.1, 0.15) is 0 Å². The molecule has 1 aromatic rings. The molecule has 0 aliphatic carbocycles. The lowest BCUT2D eigenvalue weighted by Gasteiger charge is -2.25. The van der Waals surface area contributed by atoms with E-state index in [1.807, 2.05) is 30.3 Å². The molecular formula is C18H24N2O4S. The first-order valence-electron chi connectivity index (χ1n) is 8.61. The summed E-state index contributed by atoms with van der Waals surface area (Å²) in [5.74, 6) is -0.542. The van der Waals surface area contributed by atoms with Crippen LogP contribution in [-0.4, -0.2) is 55.3 Å². The van der Waals surface area contributed by atoms with Crippen LogP contribution in [0.2, 0.25) is 0 Å². The Balaban J connectivity index is 1.54. The molecule has 2 heterocycles. The van der Waals surface area contributed by atoms with Gasteiger partial charge in [-0.25, -0.2) is 8.42 Å². The molecule has 1 aromatic carbocycles. The van der Waals surface area contributed by atoms with Crippen molar-refractivity contribution in [1.29, 1.82) is 0 Å². The highest BCUT2D eigenvalue weighted by Gasteiger charge is 2.42. The predicted octanol–water partition coefficient (Wildman–Crippen LogP) is 0.771. The van der Waals surface area contributed by atoms with E-state index < -0.39 is 21.3 Å². The van der Waals surface area contributed by atoms with E-state index in [9.17, 15) is 18.0 Å². The highest BCUT2D eigenvalue weighted by molar-refractivity contribution is 7.91. The minimum Gasteiger partial charge on any atom is -0.350 e. The summed E-state index contributed by atoms with van der Waals surface area (Å²) in [7, 11) is -3.08. The quantitative estimate of drug-likeness (QED) is 0.837. The number of nitrogens with one attached hydrogen (secondary N) is 1. The zero-order valence-electron chi connectivity index (χ0n) is 14.4. The molecule has 0 radical (unpaired) electrons. The van der Waals surface area contributed by atoms with Crippen LogP contribution >= 0.6 is 0 Å². The SMILES string of the molecule is CC1(NC(=O)C2CC(=O)N(CCc3ccccc3)C2)CCS(=O)(=O)C1. The Morgan fingerprint density at radius 2 is 2.04 bits per heavy atom. The van der Waals surface area contributed by atoms with Gasteiger partial charge in [-0.05, 0) is 25.3 Å². The molecular weight excluding hydrogens is 340 g/mol. The van der Waals surface area contributed by atoms with Gasteiger partial charge in [0.2, 0.25) is 11.8 Å². The van der Waals surface area contributed by atoms with Crippen molar-refractivity contribution in [3.63, 3.8) is 0 Å². The molecule has 0 bridgehead atoms. The molecule has 2 atom stereocenters. The summed E-state index contributed by atoms with van der Waals surface area (Å²) in [6, 6.07) is 9.92. The average molecular weight is 364 g/mol. The van der Waals surface area contributed by atoms with Crippen LogP contribution in [0.4, 0.5) is 0 Å². The van der Waals surface area contributed by atoms with E-state index in [0.717, 1.165) is 12.0 Å². The third kappa shape index (κ3) is 4.39. The number of sulfone groups is 1. The number of hydrogen-bond acceptors (Lipinski definition) is 4. The summed E-state index contributed by atoms with van der Waals surface area (Å²) < 4.78 is 23.3. The first kappa shape index (κ1) is 17.9. The normalized spacial score (nSPS) is 28.3. The number of carbonyl (C=O) groups excluding carboxylic acids is 2. The third-order valence-corrected chi connectivity index (χ3v) is 6.93. The van der Waals surface area contributed by atoms with Crippen molar-refractivity contribution >= 4 is 21.7 Å². The van der Waals surface area contributed by atoms with Crippen LogP contribution in [0, 0.1) is 5.92 Å². The lowest BCUT2D eigenvalue weighted by atomic mass is 9.99. The smallest absolute Gasteiger partial charge is 0.225 e. The summed E-state index contributed by atoms with van der Waals surface area (Å²) in [6.07, 6.45) is 1.39. The summed E-state index contributed by atoms with van der Waals surface area (Å²) in [5, 5.41) is 2.87. The zero-order valence-corrected chi connectivity index (χ0v) is 15.2. The van der Waals surface area contributed by atoms with Crippen LogP contribution < -0.4 is 5.32 Å². The fourth-order valence-electron chi connectivity index (χ4n) is 3.58. The maximum Gasteiger partial charge on any atom is 0.225 e. The molecule has 0 spiro atoms. The topological polar surface area (TPSA) is 83.6 Å². The van der Waals surface area contributed by atoms with Gasteiger partial charge in [-0.15, -0.1) is 0 Å². The third-order valence-electron chi connectivity index (χ3n) is 5.03. The maximum absolute atomic E-state index is 12.5. The van der Waals surface area contributed by atoms with Crippen molar-refractivity contribution in [3.8, 4) is 0 Å². The summed E-state index contributed by atoms with van der Waals surface area (Å²) in [4.78, 5) is 26.4. The van der Waals surface area contributed by atoms with E-state index in [2.05, 4.69) is 5.32 Å². The number of benzene rings is 1. The molecule has 7 heteroatoms. The van der Waals surface area contributed by atoms with Gasteiger partial charge in [-0.3, -0.25) is 9.59 Å². The van der Waals surface area contributed by atoms with Crippen molar-refractivity contribution < 1.29 is 18.0 Å². The molecule has 2 aliphatic heterocycles. The highest BCUT2D eigenvalue weighted by Crippen LogP contribution is 2.25. The molecule has 6 nitrogen and oxygen atoms in total. The second-order valence-corrected chi connectivity index (χ2v) is 9.55. The van der Waals surface area contributed by atoms with Crippen LogP contribution in [0.1, 0.15) is 25.3 Å². The van der Waals surface area contributed by atoms with Crippen LogP contribution in [-0.2, 0) is 25.8 Å². The van der Waals surface area contributed by atoms with E-state index >= 15 is 0 Å². The first-order valence-corrected chi connectivity index (χ1v) is 10.4. The number of carbonyl (C=O) groups is 2. The van der Waals surface area contributed by atoms with Crippen LogP contribution in [0.5, 0.6) is 0 Å². The highest BCUT2D eigenvalue weighted by atomic mass is 32.2. The predicted molar refractivity (Wildman–Crippen MR) is 94.7 cm³/mol. The van der Waals surface area contributed by atoms with E-state index in [1.165, 1.54) is 0 Å². The fourth-order valence-corrected chi connectivity index (χ4v) is 5.67. The van der Waals surface area contributed by atoms with Gasteiger partial charge in [-0.2, -0.15) is 0 Å². The Kier molecular flexibility index (Phi) is 4.86. The van der Waals surface area contributed by atoms with Crippen molar-refractivity contribution in [2.24, 2.45) is 5.92 Å². The van der Waals surface area contributed by atoms with E-state index in [-0.39, 0.29) is 29.7 Å². The van der Waals surface area contributed by atoms with Crippen LogP contribution in [0.15, 0.2) is 30.3 Å². The summed E-state index contributed by atoms with van der Waals surface area (Å²) in [6.45, 7) is 2.76. The Morgan fingerprint density at radius 3 is 2.68 bits per heavy atom. The molecule has 2 amide bonds. The van der Waals surface area contributed by atoms with Crippen LogP contribution in [0.25, 0.3) is 0 Å². The Bertz CT molecular complexity index is 763. The molecule has 2 unspecified atom stereocenters. The molecule has 0 saturated carbocycles. The van der Waals surface area contributed by atoms with Gasteiger partial charge in [0, 0.05) is 19.5 Å². The molecule has 2 fully saturated rings. The minimum atomic E-state index is -3.08. The van der Waals surface area contributed by atoms with Crippen molar-refractivity contribution in [3.05, 3.63) is 35.9 Å². The summed E-state index contributed by atoms with van der Waals surface area (Å²) >= 11 is 0. The number of amides is 2. The second-order valence-electron chi connectivity index (χ2n) is 7.37. The minimum absolute atomic E-state index is 0.0136. The van der Waals surface area contributed by atoms with Gasteiger partial charge in [-0.1, -0.05) is 30.3 Å². The van der Waals surface area contributed by atoms with Gasteiger partial charge in [0.05, 0.1) is 23.0 Å². The molecule has 3 rings (SSSR count). The second kappa shape index (κ2) is 6.78. The first-order chi connectivity index (χ1) is 11.8. The van der Waals surface area contributed by atoms with Gasteiger partial charge in [0.15, 0.2) is 9.84 Å². The number of likely N-dealkylation sites (tertiary alicyclic amines) is 1. The number of hydrogen-bond donors (Lipinski definition) is 1. The van der Waals surface area contributed by atoms with Crippen molar-refractivity contribution in [2.45, 2.75) is 31.7 Å². The Hall–Kier alpha value is -1.89. The van der Waals surface area contributed by atoms with E-state index in [1.54, 1.807) is 11.8 Å². The molecule has 25 heavy (non-hydrogen) atoms. The van der Waals surface area contributed by atoms with Crippen molar-refractivity contribution in [2.75, 3.05) is 24.6 Å². The van der Waals surface area contributed by atoms with Crippen LogP contribution in [0.3, 0.4) is 0 Å². The van der Waals surface area contributed by atoms with Crippen molar-refractivity contribution in [1.82, 2.24) is 10.2 Å². The molecule has 136 valence electrons. The Labute approximate surface area is 148 Å². The number of rotatable bonds is 5. The molecule has 2 saturated heterocycles. The number of nitrogens with zero attached hydrogens (tertiary/aromatic N) is 1. The summed E-state index contributed by atoms with van der Waals surface area (Å²) in [5.41, 5.74) is 0.447. The Morgan fingerprint density at radius 1 is 1.32 bits per heavy atom. The molecule has 2 aliphatic rings. The van der Waals surface area contributed by atoms with Gasteiger partial charge >= 0.3 is 0 Å². The lowest BCUT2D eigenvalue weighted by molar-refractivity contribution is -0.129. The average Bonchev–Trinajstić information content (AvgIpc) is 3.05. The maximum atomic E-state index is 12.5.